The molecule has 0 radical (unpaired) electrons. The molecule has 0 aliphatic heterocycles. The van der Waals surface area contributed by atoms with Gasteiger partial charge in [0.25, 0.3) is 0 Å². The van der Waals surface area contributed by atoms with Crippen LogP contribution in [0.25, 0.3) is 0 Å². The van der Waals surface area contributed by atoms with E-state index in [9.17, 15) is 4.79 Å². The van der Waals surface area contributed by atoms with Gasteiger partial charge < -0.3 is 11.1 Å². The van der Waals surface area contributed by atoms with E-state index < -0.39 is 0 Å². The molecule has 0 saturated heterocycles. The van der Waals surface area contributed by atoms with E-state index in [1.54, 1.807) is 0 Å². The molecule has 0 aliphatic carbocycles. The molecule has 0 aromatic heterocycles. The minimum absolute atomic E-state index is 0. The predicted octanol–water partition coefficient (Wildman–Crippen LogP) is 2.16. The summed E-state index contributed by atoms with van der Waals surface area (Å²) in [5.74, 6) is -0.0120. The van der Waals surface area contributed by atoms with E-state index in [0.29, 0.717) is 13.0 Å². The van der Waals surface area contributed by atoms with Crippen LogP contribution in [0.1, 0.15) is 18.9 Å². The molecule has 17 heavy (non-hydrogen) atoms. The Hall–Kier alpha value is -0.770. The largest absolute Gasteiger partial charge is 0.356 e. The first-order chi connectivity index (χ1) is 7.59. The first kappa shape index (κ1) is 16.2. The molecule has 96 valence electrons. The normalized spacial score (nSPS) is 11.5. The molecule has 1 aromatic rings. The highest BCUT2D eigenvalue weighted by molar-refractivity contribution is 6.31. The van der Waals surface area contributed by atoms with Gasteiger partial charge in [-0.05, 0) is 25.0 Å². The summed E-state index contributed by atoms with van der Waals surface area (Å²) in [7, 11) is 0. The molecule has 1 amide bonds. The Balaban J connectivity index is 0.00000256. The lowest BCUT2D eigenvalue weighted by atomic mass is 10.1. The summed E-state index contributed by atoms with van der Waals surface area (Å²) in [6, 6.07) is 7.53. The molecule has 1 unspecified atom stereocenters. The van der Waals surface area contributed by atoms with Crippen molar-refractivity contribution in [2.24, 2.45) is 5.73 Å². The van der Waals surface area contributed by atoms with Gasteiger partial charge in [-0.15, -0.1) is 12.4 Å². The predicted molar refractivity (Wildman–Crippen MR) is 73.7 cm³/mol. The summed E-state index contributed by atoms with van der Waals surface area (Å²) in [5.41, 5.74) is 6.56. The molecule has 0 fully saturated rings. The van der Waals surface area contributed by atoms with Crippen molar-refractivity contribution in [2.45, 2.75) is 25.8 Å². The molecule has 0 saturated carbocycles. The average Bonchev–Trinajstić information content (AvgIpc) is 2.19. The fourth-order valence-electron chi connectivity index (χ4n) is 1.40. The third kappa shape index (κ3) is 6.51. The van der Waals surface area contributed by atoms with Crippen molar-refractivity contribution in [3.05, 3.63) is 34.9 Å². The minimum atomic E-state index is -0.0969. The smallest absolute Gasteiger partial charge is 0.221 e. The summed E-state index contributed by atoms with van der Waals surface area (Å²) >= 11 is 5.99. The van der Waals surface area contributed by atoms with Gasteiger partial charge in [0.1, 0.15) is 0 Å². The molecule has 5 heteroatoms. The van der Waals surface area contributed by atoms with E-state index in [-0.39, 0.29) is 24.4 Å². The number of hydrogen-bond acceptors (Lipinski definition) is 2. The number of halogens is 2. The number of nitrogens with one attached hydrogen (secondary N) is 1. The van der Waals surface area contributed by atoms with E-state index >= 15 is 0 Å². The van der Waals surface area contributed by atoms with Crippen molar-refractivity contribution in [3.63, 3.8) is 0 Å². The van der Waals surface area contributed by atoms with E-state index in [4.69, 9.17) is 17.3 Å². The number of carbonyl (C=O) groups excluding carboxylic acids is 1. The number of nitrogens with two attached hydrogens (primary N) is 1. The molecule has 0 spiro atoms. The summed E-state index contributed by atoms with van der Waals surface area (Å²) < 4.78 is 0. The number of amides is 1. The highest BCUT2D eigenvalue weighted by atomic mass is 35.5. The molecule has 0 heterocycles. The van der Waals surface area contributed by atoms with Gasteiger partial charge in [-0.1, -0.05) is 29.8 Å². The second-order valence-electron chi connectivity index (χ2n) is 3.87. The van der Waals surface area contributed by atoms with E-state index in [0.717, 1.165) is 17.0 Å². The third-order valence-electron chi connectivity index (χ3n) is 2.18. The van der Waals surface area contributed by atoms with Gasteiger partial charge in [0.15, 0.2) is 0 Å². The van der Waals surface area contributed by atoms with Gasteiger partial charge in [-0.3, -0.25) is 4.79 Å². The Morgan fingerprint density at radius 2 is 2.12 bits per heavy atom. The number of hydrogen-bond donors (Lipinski definition) is 2. The van der Waals surface area contributed by atoms with E-state index in [1.807, 2.05) is 31.2 Å². The van der Waals surface area contributed by atoms with E-state index in [2.05, 4.69) is 5.32 Å². The Bertz CT molecular complexity index is 356. The van der Waals surface area contributed by atoms with Crippen molar-refractivity contribution < 1.29 is 4.79 Å². The Morgan fingerprint density at radius 3 is 2.71 bits per heavy atom. The molecule has 3 N–H and O–H groups in total. The Morgan fingerprint density at radius 1 is 1.47 bits per heavy atom. The summed E-state index contributed by atoms with van der Waals surface area (Å²) in [5, 5.41) is 3.55. The van der Waals surface area contributed by atoms with Gasteiger partial charge in [0, 0.05) is 24.0 Å². The van der Waals surface area contributed by atoms with Crippen LogP contribution in [0.3, 0.4) is 0 Å². The Kier molecular flexibility index (Phi) is 7.96. The highest BCUT2D eigenvalue weighted by Gasteiger charge is 2.04. The maximum atomic E-state index is 11.3. The summed E-state index contributed by atoms with van der Waals surface area (Å²) in [4.78, 5) is 11.3. The zero-order valence-corrected chi connectivity index (χ0v) is 11.4. The van der Waals surface area contributed by atoms with Crippen LogP contribution in [0.4, 0.5) is 0 Å². The zero-order chi connectivity index (χ0) is 12.0. The van der Waals surface area contributed by atoms with Crippen molar-refractivity contribution in [2.75, 3.05) is 6.54 Å². The first-order valence-corrected chi connectivity index (χ1v) is 5.73. The number of benzene rings is 1. The molecule has 0 bridgehead atoms. The second kappa shape index (κ2) is 8.34. The van der Waals surface area contributed by atoms with Crippen LogP contribution in [0.15, 0.2) is 24.3 Å². The summed E-state index contributed by atoms with van der Waals surface area (Å²) in [6.07, 6.45) is 1.10. The van der Waals surface area contributed by atoms with Crippen LogP contribution in [0, 0.1) is 0 Å². The topological polar surface area (TPSA) is 55.1 Å². The quantitative estimate of drug-likeness (QED) is 0.866. The van der Waals surface area contributed by atoms with Crippen LogP contribution in [0.2, 0.25) is 5.02 Å². The van der Waals surface area contributed by atoms with Crippen molar-refractivity contribution in [1.29, 1.82) is 0 Å². The standard InChI is InChI=1S/C12H17ClN2O.ClH/c1-9(14)8-12(16)15-7-6-10-4-2-3-5-11(10)13;/h2-5,9H,6-8,14H2,1H3,(H,15,16);1H. The lowest BCUT2D eigenvalue weighted by Gasteiger charge is -2.08. The number of carbonyl (C=O) groups is 1. The zero-order valence-electron chi connectivity index (χ0n) is 9.78. The van der Waals surface area contributed by atoms with Crippen LogP contribution >= 0.6 is 24.0 Å². The fourth-order valence-corrected chi connectivity index (χ4v) is 1.63. The SMILES string of the molecule is CC(N)CC(=O)NCCc1ccccc1Cl.Cl. The van der Waals surface area contributed by atoms with Crippen molar-refractivity contribution in [3.8, 4) is 0 Å². The van der Waals surface area contributed by atoms with Gasteiger partial charge in [-0.25, -0.2) is 0 Å². The fraction of sp³-hybridized carbons (Fsp3) is 0.417. The van der Waals surface area contributed by atoms with Gasteiger partial charge in [-0.2, -0.15) is 0 Å². The molecule has 3 nitrogen and oxygen atoms in total. The van der Waals surface area contributed by atoms with Gasteiger partial charge in [0.2, 0.25) is 5.91 Å². The lowest BCUT2D eigenvalue weighted by Crippen LogP contribution is -2.31. The highest BCUT2D eigenvalue weighted by Crippen LogP contribution is 2.14. The molecular weight excluding hydrogens is 259 g/mol. The minimum Gasteiger partial charge on any atom is -0.356 e. The molecule has 1 atom stereocenters. The molecule has 0 aliphatic rings. The molecular formula is C12H18Cl2N2O. The average molecular weight is 277 g/mol. The van der Waals surface area contributed by atoms with Crippen LogP contribution in [-0.4, -0.2) is 18.5 Å². The van der Waals surface area contributed by atoms with Crippen molar-refractivity contribution in [1.82, 2.24) is 5.32 Å². The third-order valence-corrected chi connectivity index (χ3v) is 2.55. The van der Waals surface area contributed by atoms with Gasteiger partial charge in [0.05, 0.1) is 0 Å². The molecule has 1 rings (SSSR count). The maximum absolute atomic E-state index is 11.3. The molecule has 1 aromatic carbocycles. The van der Waals surface area contributed by atoms with E-state index in [1.165, 1.54) is 0 Å². The van der Waals surface area contributed by atoms with Crippen LogP contribution in [0.5, 0.6) is 0 Å². The van der Waals surface area contributed by atoms with Crippen molar-refractivity contribution >= 4 is 29.9 Å². The van der Waals surface area contributed by atoms with Crippen LogP contribution < -0.4 is 11.1 Å². The summed E-state index contributed by atoms with van der Waals surface area (Å²) in [6.45, 7) is 2.41. The first-order valence-electron chi connectivity index (χ1n) is 5.35. The van der Waals surface area contributed by atoms with Crippen LogP contribution in [-0.2, 0) is 11.2 Å². The monoisotopic (exact) mass is 276 g/mol. The Labute approximate surface area is 113 Å². The van der Waals surface area contributed by atoms with Gasteiger partial charge >= 0.3 is 0 Å². The second-order valence-corrected chi connectivity index (χ2v) is 4.28. The number of rotatable bonds is 5. The maximum Gasteiger partial charge on any atom is 0.221 e. The lowest BCUT2D eigenvalue weighted by molar-refractivity contribution is -0.121.